The Balaban J connectivity index is 0.00000441. The van der Waals surface area contributed by atoms with E-state index in [0.717, 1.165) is 12.2 Å². The Morgan fingerprint density at radius 2 is 1.86 bits per heavy atom. The van der Waals surface area contributed by atoms with E-state index in [-0.39, 0.29) is 36.6 Å². The first kappa shape index (κ1) is 20.0. The van der Waals surface area contributed by atoms with Gasteiger partial charge in [0.25, 0.3) is 12.6 Å². The van der Waals surface area contributed by atoms with E-state index in [1.54, 1.807) is 43.2 Å². The van der Waals surface area contributed by atoms with Crippen LogP contribution in [0.25, 0.3) is 0 Å². The Bertz CT molecular complexity index is 572. The summed E-state index contributed by atoms with van der Waals surface area (Å²) in [5.74, 6) is -1.48. The van der Waals surface area contributed by atoms with E-state index in [4.69, 9.17) is 4.74 Å². The highest BCUT2D eigenvalue weighted by Crippen LogP contribution is 1.98. The first-order valence-electron chi connectivity index (χ1n) is 6.07. The smallest absolute Gasteiger partial charge is 0.335 e. The molecule has 0 saturated carbocycles. The van der Waals surface area contributed by atoms with E-state index >= 15 is 0 Å². The fourth-order valence-corrected chi connectivity index (χ4v) is 1.38. The number of ether oxygens (including phenoxy) is 2. The van der Waals surface area contributed by atoms with Crippen LogP contribution in [0.1, 0.15) is 10.4 Å². The molecule has 8 heteroatoms. The van der Waals surface area contributed by atoms with Crippen molar-refractivity contribution in [1.29, 1.82) is 0 Å². The highest BCUT2D eigenvalue weighted by Gasteiger charge is 2.13. The first-order valence-corrected chi connectivity index (χ1v) is 6.07. The van der Waals surface area contributed by atoms with Crippen LogP contribution >= 0.6 is 0 Å². The van der Waals surface area contributed by atoms with Crippen LogP contribution in [0, 0.1) is 0 Å². The van der Waals surface area contributed by atoms with Gasteiger partial charge in [-0.1, -0.05) is 0 Å². The molecule has 0 aliphatic carbocycles. The second-order valence-corrected chi connectivity index (χ2v) is 4.26. The second kappa shape index (κ2) is 9.87. The second-order valence-electron chi connectivity index (χ2n) is 4.26. The van der Waals surface area contributed by atoms with Crippen LogP contribution in [-0.4, -0.2) is 44.0 Å². The molecule has 1 aromatic rings. The number of halogens is 1. The number of aromatic nitrogens is 1. The van der Waals surface area contributed by atoms with Crippen molar-refractivity contribution in [2.75, 3.05) is 21.2 Å². The van der Waals surface area contributed by atoms with Crippen molar-refractivity contribution in [3.05, 3.63) is 42.2 Å². The van der Waals surface area contributed by atoms with Crippen molar-refractivity contribution >= 4 is 17.8 Å². The van der Waals surface area contributed by atoms with Gasteiger partial charge in [0.15, 0.2) is 12.4 Å². The number of hydrogen-bond donors (Lipinski definition) is 0. The van der Waals surface area contributed by atoms with Gasteiger partial charge >= 0.3 is 11.9 Å². The third-order valence-electron chi connectivity index (χ3n) is 2.42. The normalized spacial score (nSPS) is 9.77. The summed E-state index contributed by atoms with van der Waals surface area (Å²) in [6, 6.07) is 3.34. The van der Waals surface area contributed by atoms with Gasteiger partial charge in [0.2, 0.25) is 0 Å². The molecule has 120 valence electrons. The maximum atomic E-state index is 11.8. The lowest BCUT2D eigenvalue weighted by Crippen LogP contribution is -3.00. The topological polar surface area (TPSA) is 76.8 Å². The van der Waals surface area contributed by atoms with Crippen LogP contribution in [0.5, 0.6) is 0 Å². The lowest BCUT2D eigenvalue weighted by atomic mass is 10.2. The first-order chi connectivity index (χ1) is 9.93. The van der Waals surface area contributed by atoms with E-state index in [1.807, 2.05) is 0 Å². The quantitative estimate of drug-likeness (QED) is 0.219. The molecule has 0 aliphatic heterocycles. The molecule has 0 bridgehead atoms. The van der Waals surface area contributed by atoms with Gasteiger partial charge in [-0.15, -0.1) is 0 Å². The van der Waals surface area contributed by atoms with Crippen molar-refractivity contribution in [1.82, 2.24) is 4.90 Å². The molecule has 0 fully saturated rings. The van der Waals surface area contributed by atoms with Gasteiger partial charge in [-0.05, 0) is 6.07 Å². The summed E-state index contributed by atoms with van der Waals surface area (Å²) in [5, 5.41) is 0. The van der Waals surface area contributed by atoms with Gasteiger partial charge in [-0.25, -0.2) is 9.59 Å². The number of carbonyl (C=O) groups is 3. The molecule has 1 amide bonds. The molecule has 0 N–H and O–H groups in total. The van der Waals surface area contributed by atoms with Gasteiger partial charge in [0.05, 0.1) is 7.11 Å². The fraction of sp³-hybridized carbons (Fsp3) is 0.286. The summed E-state index contributed by atoms with van der Waals surface area (Å²) < 4.78 is 10.8. The van der Waals surface area contributed by atoms with E-state index < -0.39 is 11.9 Å². The lowest BCUT2D eigenvalue weighted by Gasteiger charge is -2.08. The van der Waals surface area contributed by atoms with Crippen molar-refractivity contribution in [2.45, 2.75) is 6.73 Å². The number of hydrogen-bond acceptors (Lipinski definition) is 5. The van der Waals surface area contributed by atoms with Crippen molar-refractivity contribution in [3.63, 3.8) is 0 Å². The maximum absolute atomic E-state index is 11.8. The molecule has 7 nitrogen and oxygen atoms in total. The summed E-state index contributed by atoms with van der Waals surface area (Å²) in [4.78, 5) is 35.4. The third-order valence-corrected chi connectivity index (χ3v) is 2.42. The number of methoxy groups -OCH3 is 1. The van der Waals surface area contributed by atoms with Crippen LogP contribution in [0.2, 0.25) is 0 Å². The summed E-state index contributed by atoms with van der Waals surface area (Å²) in [7, 11) is 4.51. The Morgan fingerprint density at radius 3 is 2.45 bits per heavy atom. The number of esters is 2. The zero-order valence-corrected chi connectivity index (χ0v) is 14.6. The van der Waals surface area contributed by atoms with Crippen molar-refractivity contribution in [3.8, 4) is 0 Å². The monoisotopic (exact) mass is 420 g/mol. The molecule has 1 heterocycles. The molecule has 0 unspecified atom stereocenters. The van der Waals surface area contributed by atoms with Gasteiger partial charge in [-0.3, -0.25) is 4.79 Å². The van der Waals surface area contributed by atoms with Crippen LogP contribution in [0.15, 0.2) is 36.7 Å². The molecule has 22 heavy (non-hydrogen) atoms. The minimum absolute atomic E-state index is 0. The summed E-state index contributed by atoms with van der Waals surface area (Å²) in [6.45, 7) is -0.0705. The Hall–Kier alpha value is -1.97. The molecule has 0 spiro atoms. The summed E-state index contributed by atoms with van der Waals surface area (Å²) in [6.07, 6.45) is 5.17. The van der Waals surface area contributed by atoms with Gasteiger partial charge in [-0.2, -0.15) is 4.57 Å². The molecular weight excluding hydrogens is 403 g/mol. The molecule has 0 saturated heterocycles. The molecule has 0 radical (unpaired) electrons. The van der Waals surface area contributed by atoms with Crippen LogP contribution in [-0.2, 0) is 25.8 Å². The number of rotatable bonds is 5. The average Bonchev–Trinajstić information content (AvgIpc) is 2.49. The third kappa shape index (κ3) is 6.66. The summed E-state index contributed by atoms with van der Waals surface area (Å²) in [5.41, 5.74) is 0.476. The molecule has 0 aromatic carbocycles. The van der Waals surface area contributed by atoms with E-state index in [2.05, 4.69) is 4.74 Å². The SMILES string of the molecule is COC(=O)C=CC(=O)OC[n+]1cccc(C(=O)N(C)C)c1.[I-]. The molecule has 1 aromatic heterocycles. The van der Waals surface area contributed by atoms with Crippen molar-refractivity contribution < 1.29 is 52.4 Å². The highest BCUT2D eigenvalue weighted by molar-refractivity contribution is 5.93. The van der Waals surface area contributed by atoms with E-state index in [1.165, 1.54) is 12.0 Å². The fourth-order valence-electron chi connectivity index (χ4n) is 1.38. The largest absolute Gasteiger partial charge is 1.00 e. The summed E-state index contributed by atoms with van der Waals surface area (Å²) >= 11 is 0. The molecular formula is C14H17IN2O5. The van der Waals surface area contributed by atoms with Gasteiger partial charge in [0.1, 0.15) is 5.56 Å². The Kier molecular flexibility index (Phi) is 8.99. The average molecular weight is 420 g/mol. The maximum Gasteiger partial charge on any atom is 0.335 e. The Labute approximate surface area is 145 Å². The zero-order chi connectivity index (χ0) is 15.8. The van der Waals surface area contributed by atoms with Crippen molar-refractivity contribution in [2.24, 2.45) is 0 Å². The predicted molar refractivity (Wildman–Crippen MR) is 71.9 cm³/mol. The highest BCUT2D eigenvalue weighted by atomic mass is 127. The molecule has 0 atom stereocenters. The van der Waals surface area contributed by atoms with E-state index in [0.29, 0.717) is 5.56 Å². The van der Waals surface area contributed by atoms with Gasteiger partial charge in [0, 0.05) is 32.3 Å². The minimum Gasteiger partial charge on any atom is -1.00 e. The molecule has 1 rings (SSSR count). The Morgan fingerprint density at radius 1 is 1.23 bits per heavy atom. The van der Waals surface area contributed by atoms with Gasteiger partial charge < -0.3 is 38.4 Å². The molecule has 0 aliphatic rings. The standard InChI is InChI=1S/C14H17N2O5.HI/c1-15(2)14(19)11-5-4-8-16(9-11)10-21-13(18)7-6-12(17)20-3;/h4-9H,10H2,1-3H3;1H/q+1;/p-1. The zero-order valence-electron chi connectivity index (χ0n) is 12.5. The minimum atomic E-state index is -0.683. The van der Waals surface area contributed by atoms with Crippen LogP contribution in [0.4, 0.5) is 0 Å². The van der Waals surface area contributed by atoms with E-state index in [9.17, 15) is 14.4 Å². The number of pyridine rings is 1. The number of carbonyl (C=O) groups excluding carboxylic acids is 3. The predicted octanol–water partition coefficient (Wildman–Crippen LogP) is -3.09. The lowest BCUT2D eigenvalue weighted by molar-refractivity contribution is -0.727. The number of nitrogens with zero attached hydrogens (tertiary/aromatic N) is 2. The number of amides is 1. The van der Waals surface area contributed by atoms with Crippen LogP contribution < -0.4 is 28.5 Å². The van der Waals surface area contributed by atoms with Crippen LogP contribution in [0.3, 0.4) is 0 Å².